The molecule has 4 nitrogen and oxygen atoms in total. The smallest absolute Gasteiger partial charge is 0.407 e. The van der Waals surface area contributed by atoms with Gasteiger partial charge in [0.25, 0.3) is 0 Å². The normalized spacial score (nSPS) is 33.5. The Balaban J connectivity index is 2.50. The zero-order valence-corrected chi connectivity index (χ0v) is 11.5. The molecule has 1 fully saturated rings. The Bertz CT molecular complexity index is 272. The second-order valence-corrected chi connectivity index (χ2v) is 6.01. The molecule has 2 N–H and O–H groups in total. The molecule has 0 saturated heterocycles. The quantitative estimate of drug-likeness (QED) is 0.782. The molecule has 1 aliphatic rings. The molecule has 100 valence electrons. The largest absolute Gasteiger partial charge is 0.444 e. The van der Waals surface area contributed by atoms with Gasteiger partial charge >= 0.3 is 6.09 Å². The summed E-state index contributed by atoms with van der Waals surface area (Å²) in [7, 11) is 0. The van der Waals surface area contributed by atoms with Gasteiger partial charge in [-0.1, -0.05) is 20.3 Å². The molecule has 1 amide bonds. The van der Waals surface area contributed by atoms with Crippen molar-refractivity contribution in [1.29, 1.82) is 0 Å². The summed E-state index contributed by atoms with van der Waals surface area (Å²) in [5.74, 6) is 0.713. The highest BCUT2D eigenvalue weighted by atomic mass is 16.6. The minimum atomic E-state index is -0.497. The van der Waals surface area contributed by atoms with Gasteiger partial charge in [-0.25, -0.2) is 4.79 Å². The third-order valence-corrected chi connectivity index (χ3v) is 3.48. The van der Waals surface area contributed by atoms with Crippen molar-refractivity contribution in [3.63, 3.8) is 0 Å². The predicted molar refractivity (Wildman–Crippen MR) is 66.7 cm³/mol. The van der Waals surface area contributed by atoms with Gasteiger partial charge < -0.3 is 15.2 Å². The summed E-state index contributed by atoms with van der Waals surface area (Å²) in [5, 5.41) is 12.8. The van der Waals surface area contributed by atoms with Gasteiger partial charge in [-0.2, -0.15) is 0 Å². The molecule has 0 aromatic rings. The highest BCUT2D eigenvalue weighted by Crippen LogP contribution is 2.34. The van der Waals surface area contributed by atoms with E-state index in [4.69, 9.17) is 4.74 Å². The number of hydrogen-bond donors (Lipinski definition) is 2. The molecular weight excluding hydrogens is 218 g/mol. The fourth-order valence-electron chi connectivity index (χ4n) is 2.47. The van der Waals surface area contributed by atoms with Crippen molar-refractivity contribution in [3.05, 3.63) is 0 Å². The van der Waals surface area contributed by atoms with E-state index in [1.165, 1.54) is 0 Å². The lowest BCUT2D eigenvalue weighted by Gasteiger charge is -2.23. The molecule has 0 aliphatic heterocycles. The van der Waals surface area contributed by atoms with Gasteiger partial charge in [-0.3, -0.25) is 0 Å². The first-order valence-corrected chi connectivity index (χ1v) is 6.42. The van der Waals surface area contributed by atoms with E-state index in [0.29, 0.717) is 5.92 Å². The molecule has 0 bridgehead atoms. The zero-order valence-electron chi connectivity index (χ0n) is 11.5. The van der Waals surface area contributed by atoms with Gasteiger partial charge in [0.05, 0.1) is 12.1 Å². The highest BCUT2D eigenvalue weighted by Gasteiger charge is 2.39. The van der Waals surface area contributed by atoms with E-state index in [-0.39, 0.29) is 12.0 Å². The first-order chi connectivity index (χ1) is 7.74. The van der Waals surface area contributed by atoms with Crippen molar-refractivity contribution in [2.45, 2.75) is 65.2 Å². The van der Waals surface area contributed by atoms with Crippen LogP contribution in [0.2, 0.25) is 0 Å². The molecule has 0 spiro atoms. The Morgan fingerprint density at radius 2 is 2.06 bits per heavy atom. The minimum Gasteiger partial charge on any atom is -0.444 e. The summed E-state index contributed by atoms with van der Waals surface area (Å²) in [4.78, 5) is 11.6. The molecule has 1 unspecified atom stereocenters. The van der Waals surface area contributed by atoms with Crippen molar-refractivity contribution in [2.75, 3.05) is 0 Å². The number of aliphatic hydroxyl groups is 1. The van der Waals surface area contributed by atoms with Crippen molar-refractivity contribution >= 4 is 6.09 Å². The lowest BCUT2D eigenvalue weighted by atomic mass is 9.95. The van der Waals surface area contributed by atoms with E-state index in [9.17, 15) is 9.90 Å². The number of amides is 1. The molecule has 17 heavy (non-hydrogen) atoms. The van der Waals surface area contributed by atoms with Crippen LogP contribution in [0.5, 0.6) is 0 Å². The van der Waals surface area contributed by atoms with Gasteiger partial charge in [0, 0.05) is 0 Å². The summed E-state index contributed by atoms with van der Waals surface area (Å²) in [6, 6.07) is -0.176. The van der Waals surface area contributed by atoms with E-state index in [1.807, 2.05) is 27.7 Å². The van der Waals surface area contributed by atoms with Gasteiger partial charge in [0.15, 0.2) is 0 Å². The topological polar surface area (TPSA) is 58.6 Å². The molecule has 4 heteroatoms. The van der Waals surface area contributed by atoms with Crippen LogP contribution in [0.1, 0.15) is 47.5 Å². The number of hydrogen-bond acceptors (Lipinski definition) is 3. The van der Waals surface area contributed by atoms with Crippen molar-refractivity contribution in [3.8, 4) is 0 Å². The van der Waals surface area contributed by atoms with Crippen molar-refractivity contribution < 1.29 is 14.6 Å². The molecular formula is C13H25NO3. The maximum absolute atomic E-state index is 11.6. The average Bonchev–Trinajstić information content (AvgIpc) is 2.43. The fraction of sp³-hybridized carbons (Fsp3) is 0.923. The van der Waals surface area contributed by atoms with Gasteiger partial charge in [-0.15, -0.1) is 0 Å². The lowest BCUT2D eigenvalue weighted by Crippen LogP contribution is -2.43. The highest BCUT2D eigenvalue weighted by molar-refractivity contribution is 5.68. The summed E-state index contributed by atoms with van der Waals surface area (Å²) < 4.78 is 5.19. The van der Waals surface area contributed by atoms with E-state index in [1.54, 1.807) is 0 Å². The SMILES string of the molecule is CCC1C[C@@H](NC(=O)OC(C)(C)C)[C@@H](O)[C@@H]1C. The molecule has 1 saturated carbocycles. The van der Waals surface area contributed by atoms with Crippen LogP contribution < -0.4 is 5.32 Å². The maximum Gasteiger partial charge on any atom is 0.407 e. The van der Waals surface area contributed by atoms with Crippen LogP contribution in [0, 0.1) is 11.8 Å². The van der Waals surface area contributed by atoms with E-state index >= 15 is 0 Å². The number of ether oxygens (including phenoxy) is 1. The molecule has 4 atom stereocenters. The Morgan fingerprint density at radius 3 is 2.47 bits per heavy atom. The summed E-state index contributed by atoms with van der Waals surface area (Å²) in [5.41, 5.74) is -0.497. The Labute approximate surface area is 104 Å². The van der Waals surface area contributed by atoms with Crippen molar-refractivity contribution in [1.82, 2.24) is 5.32 Å². The van der Waals surface area contributed by atoms with Crippen LogP contribution in [-0.4, -0.2) is 28.9 Å². The van der Waals surface area contributed by atoms with Crippen LogP contribution in [0.15, 0.2) is 0 Å². The van der Waals surface area contributed by atoms with Gasteiger partial charge in [0.1, 0.15) is 5.60 Å². The van der Waals surface area contributed by atoms with E-state index in [0.717, 1.165) is 12.8 Å². The monoisotopic (exact) mass is 243 g/mol. The zero-order chi connectivity index (χ0) is 13.2. The third-order valence-electron chi connectivity index (χ3n) is 3.48. The Kier molecular flexibility index (Phi) is 4.42. The summed E-state index contributed by atoms with van der Waals surface area (Å²) in [6.45, 7) is 9.64. The molecule has 0 radical (unpaired) electrons. The minimum absolute atomic E-state index is 0.176. The molecule has 0 heterocycles. The molecule has 1 rings (SSSR count). The van der Waals surface area contributed by atoms with Crippen LogP contribution >= 0.6 is 0 Å². The number of rotatable bonds is 2. The van der Waals surface area contributed by atoms with Gasteiger partial charge in [0.2, 0.25) is 0 Å². The predicted octanol–water partition coefficient (Wildman–Crippen LogP) is 2.31. The van der Waals surface area contributed by atoms with Gasteiger partial charge in [-0.05, 0) is 39.0 Å². The van der Waals surface area contributed by atoms with Crippen molar-refractivity contribution in [2.24, 2.45) is 11.8 Å². The Hall–Kier alpha value is -0.770. The molecule has 0 aromatic heterocycles. The first kappa shape index (κ1) is 14.3. The number of alkyl carbamates (subject to hydrolysis) is 1. The first-order valence-electron chi connectivity index (χ1n) is 6.42. The number of carbonyl (C=O) groups is 1. The average molecular weight is 243 g/mol. The second-order valence-electron chi connectivity index (χ2n) is 6.01. The second kappa shape index (κ2) is 5.25. The number of carbonyl (C=O) groups excluding carboxylic acids is 1. The third kappa shape index (κ3) is 3.87. The summed E-state index contributed by atoms with van der Waals surface area (Å²) >= 11 is 0. The lowest BCUT2D eigenvalue weighted by molar-refractivity contribution is 0.0422. The number of aliphatic hydroxyl groups excluding tert-OH is 1. The molecule has 0 aromatic carbocycles. The maximum atomic E-state index is 11.6. The summed E-state index contributed by atoms with van der Waals surface area (Å²) in [6.07, 6.45) is 0.959. The Morgan fingerprint density at radius 1 is 1.47 bits per heavy atom. The number of nitrogens with one attached hydrogen (secondary N) is 1. The van der Waals surface area contributed by atoms with Crippen LogP contribution in [0.3, 0.4) is 0 Å². The van der Waals surface area contributed by atoms with E-state index in [2.05, 4.69) is 12.2 Å². The fourth-order valence-corrected chi connectivity index (χ4v) is 2.47. The standard InChI is InChI=1S/C13H25NO3/c1-6-9-7-10(11(15)8(9)2)14-12(16)17-13(3,4)5/h8-11,15H,6-7H2,1-5H3,(H,14,16)/t8-,9?,10-,11+/m1/s1. The van der Waals surface area contributed by atoms with Crippen LogP contribution in [-0.2, 0) is 4.74 Å². The van der Waals surface area contributed by atoms with Crippen LogP contribution in [0.4, 0.5) is 4.79 Å². The van der Waals surface area contributed by atoms with E-state index < -0.39 is 17.8 Å². The van der Waals surface area contributed by atoms with Crippen LogP contribution in [0.25, 0.3) is 0 Å². The molecule has 1 aliphatic carbocycles.